The molecule has 4 nitrogen and oxygen atoms in total. The van der Waals surface area contributed by atoms with Crippen LogP contribution in [0.3, 0.4) is 0 Å². The Morgan fingerprint density at radius 2 is 1.92 bits per heavy atom. The summed E-state index contributed by atoms with van der Waals surface area (Å²) in [6.45, 7) is 0. The summed E-state index contributed by atoms with van der Waals surface area (Å²) in [5.41, 5.74) is 14.5. The molecule has 0 amide bonds. The highest BCUT2D eigenvalue weighted by molar-refractivity contribution is 8.03. The third-order valence-corrected chi connectivity index (χ3v) is 5.74. The first kappa shape index (κ1) is 18.1. The van der Waals surface area contributed by atoms with Crippen molar-refractivity contribution in [3.63, 3.8) is 0 Å². The molecule has 0 saturated carbocycles. The molecule has 130 valence electrons. The fourth-order valence-corrected chi connectivity index (χ4v) is 4.05. The van der Waals surface area contributed by atoms with Crippen LogP contribution in [0.25, 0.3) is 5.57 Å². The second kappa shape index (κ2) is 8.11. The number of hydrogen-bond donors (Lipinski definition) is 3. The largest absolute Gasteiger partial charge is 0.398 e. The normalized spacial score (nSPS) is 12.9. The van der Waals surface area contributed by atoms with E-state index in [1.165, 1.54) is 23.1 Å². The van der Waals surface area contributed by atoms with Crippen LogP contribution in [0.15, 0.2) is 76.0 Å². The Balaban J connectivity index is 1.94. The van der Waals surface area contributed by atoms with Crippen LogP contribution in [0, 0.1) is 11.3 Å². The van der Waals surface area contributed by atoms with Gasteiger partial charge in [-0.2, -0.15) is 5.26 Å². The number of thioether (sulfide) groups is 1. The molecular weight excluding hydrogens is 362 g/mol. The lowest BCUT2D eigenvalue weighted by Gasteiger charge is -2.12. The summed E-state index contributed by atoms with van der Waals surface area (Å²) in [6.07, 6.45) is -0.728. The number of aliphatic hydroxyl groups excluding tert-OH is 1. The number of nitrogen functional groups attached to an aromatic ring is 1. The fraction of sp³-hybridized carbons (Fsp3) is 0.0500. The first-order valence-corrected chi connectivity index (χ1v) is 9.53. The Labute approximate surface area is 160 Å². The molecule has 0 radical (unpaired) electrons. The lowest BCUT2D eigenvalue weighted by Crippen LogP contribution is -2.01. The molecule has 0 fully saturated rings. The van der Waals surface area contributed by atoms with E-state index in [9.17, 15) is 10.4 Å². The van der Waals surface area contributed by atoms with Gasteiger partial charge in [-0.3, -0.25) is 0 Å². The molecule has 0 saturated heterocycles. The van der Waals surface area contributed by atoms with Crippen LogP contribution in [-0.4, -0.2) is 5.11 Å². The Bertz CT molecular complexity index is 975. The minimum Gasteiger partial charge on any atom is -0.398 e. The molecule has 0 aliphatic heterocycles. The Kier molecular flexibility index (Phi) is 5.64. The van der Waals surface area contributed by atoms with Crippen LogP contribution >= 0.6 is 23.1 Å². The van der Waals surface area contributed by atoms with E-state index in [1.807, 2.05) is 53.9 Å². The van der Waals surface area contributed by atoms with Gasteiger partial charge in [-0.05, 0) is 40.8 Å². The van der Waals surface area contributed by atoms with Crippen LogP contribution in [0.5, 0.6) is 0 Å². The van der Waals surface area contributed by atoms with Crippen molar-refractivity contribution in [2.45, 2.75) is 11.0 Å². The number of nitrogens with zero attached hydrogens (tertiary/aromatic N) is 1. The van der Waals surface area contributed by atoms with E-state index in [1.54, 1.807) is 12.1 Å². The maximum atomic E-state index is 10.5. The number of para-hydroxylation sites is 1. The van der Waals surface area contributed by atoms with E-state index in [-0.39, 0.29) is 0 Å². The molecule has 1 heterocycles. The van der Waals surface area contributed by atoms with E-state index in [2.05, 4.69) is 6.07 Å². The van der Waals surface area contributed by atoms with Gasteiger partial charge in [0.05, 0.1) is 10.6 Å². The molecule has 1 unspecified atom stereocenters. The lowest BCUT2D eigenvalue weighted by atomic mass is 10.0. The Hall–Kier alpha value is -2.72. The summed E-state index contributed by atoms with van der Waals surface area (Å²) in [5.74, 6) is 0. The lowest BCUT2D eigenvalue weighted by molar-refractivity contribution is 0.224. The standard InChI is InChI=1S/C20H17N3OS2/c21-12-15(20(23)26-17-8-2-1-7-16(17)22)13-5-3-6-14(11-13)19(24)18-9-4-10-25-18/h1-11,19,24H,22-23H2/b20-15-. The van der Waals surface area contributed by atoms with Gasteiger partial charge in [0.1, 0.15) is 12.2 Å². The van der Waals surface area contributed by atoms with Crippen LogP contribution in [0.4, 0.5) is 5.69 Å². The molecule has 6 heteroatoms. The third-order valence-electron chi connectivity index (χ3n) is 3.80. The highest BCUT2D eigenvalue weighted by atomic mass is 32.2. The predicted molar refractivity (Wildman–Crippen MR) is 108 cm³/mol. The predicted octanol–water partition coefficient (Wildman–Crippen LogP) is 4.36. The number of nitriles is 1. The molecule has 1 aromatic heterocycles. The van der Waals surface area contributed by atoms with Crippen LogP contribution in [0.2, 0.25) is 0 Å². The van der Waals surface area contributed by atoms with E-state index >= 15 is 0 Å². The van der Waals surface area contributed by atoms with E-state index in [4.69, 9.17) is 11.5 Å². The fourth-order valence-electron chi connectivity index (χ4n) is 2.48. The van der Waals surface area contributed by atoms with E-state index in [0.717, 1.165) is 15.3 Å². The molecule has 3 aromatic rings. The third kappa shape index (κ3) is 3.92. The molecule has 0 aliphatic carbocycles. The zero-order valence-corrected chi connectivity index (χ0v) is 15.4. The highest BCUT2D eigenvalue weighted by Crippen LogP contribution is 2.34. The quantitative estimate of drug-likeness (QED) is 0.348. The summed E-state index contributed by atoms with van der Waals surface area (Å²) in [5, 5.41) is 22.4. The number of allylic oxidation sites excluding steroid dienone is 1. The van der Waals surface area contributed by atoms with Gasteiger partial charge < -0.3 is 16.6 Å². The number of rotatable bonds is 5. The number of aliphatic hydroxyl groups is 1. The van der Waals surface area contributed by atoms with Gasteiger partial charge in [-0.25, -0.2) is 0 Å². The molecule has 26 heavy (non-hydrogen) atoms. The smallest absolute Gasteiger partial charge is 0.113 e. The zero-order chi connectivity index (χ0) is 18.5. The van der Waals surface area contributed by atoms with Crippen molar-refractivity contribution in [3.8, 4) is 6.07 Å². The molecule has 0 aliphatic rings. The topological polar surface area (TPSA) is 96.1 Å². The summed E-state index contributed by atoms with van der Waals surface area (Å²) >= 11 is 2.75. The van der Waals surface area contributed by atoms with Crippen molar-refractivity contribution in [2.75, 3.05) is 5.73 Å². The van der Waals surface area contributed by atoms with Gasteiger partial charge in [0.25, 0.3) is 0 Å². The van der Waals surface area contributed by atoms with Crippen LogP contribution in [-0.2, 0) is 0 Å². The minimum atomic E-state index is -0.728. The number of thiophene rings is 1. The molecular formula is C20H17N3OS2. The molecule has 5 N–H and O–H groups in total. The molecule has 2 aromatic carbocycles. The number of nitrogens with two attached hydrogens (primary N) is 2. The second-order valence-electron chi connectivity index (χ2n) is 5.53. The highest BCUT2D eigenvalue weighted by Gasteiger charge is 2.15. The number of hydrogen-bond acceptors (Lipinski definition) is 6. The van der Waals surface area contributed by atoms with Gasteiger partial charge in [0.15, 0.2) is 0 Å². The van der Waals surface area contributed by atoms with Gasteiger partial charge in [-0.1, -0.05) is 48.2 Å². The Morgan fingerprint density at radius 1 is 1.12 bits per heavy atom. The van der Waals surface area contributed by atoms with E-state index in [0.29, 0.717) is 21.9 Å². The zero-order valence-electron chi connectivity index (χ0n) is 13.8. The summed E-state index contributed by atoms with van der Waals surface area (Å²) in [7, 11) is 0. The molecule has 0 bridgehead atoms. The van der Waals surface area contributed by atoms with Gasteiger partial charge >= 0.3 is 0 Å². The first-order chi connectivity index (χ1) is 12.6. The summed E-state index contributed by atoms with van der Waals surface area (Å²) in [4.78, 5) is 1.65. The van der Waals surface area contributed by atoms with Crippen molar-refractivity contribution < 1.29 is 5.11 Å². The summed E-state index contributed by atoms with van der Waals surface area (Å²) < 4.78 is 0. The van der Waals surface area contributed by atoms with Crippen molar-refractivity contribution >= 4 is 34.4 Å². The molecule has 1 atom stereocenters. The van der Waals surface area contributed by atoms with Crippen LogP contribution in [0.1, 0.15) is 22.1 Å². The van der Waals surface area contributed by atoms with Crippen molar-refractivity contribution in [2.24, 2.45) is 5.73 Å². The average Bonchev–Trinajstić information content (AvgIpc) is 3.18. The number of benzene rings is 2. The van der Waals surface area contributed by atoms with Crippen molar-refractivity contribution in [3.05, 3.63) is 87.1 Å². The molecule has 3 rings (SSSR count). The Morgan fingerprint density at radius 3 is 2.62 bits per heavy atom. The average molecular weight is 380 g/mol. The maximum absolute atomic E-state index is 10.5. The summed E-state index contributed by atoms with van der Waals surface area (Å²) in [6, 6.07) is 20.6. The monoisotopic (exact) mass is 379 g/mol. The van der Waals surface area contributed by atoms with Crippen molar-refractivity contribution in [1.29, 1.82) is 5.26 Å². The second-order valence-corrected chi connectivity index (χ2v) is 7.60. The van der Waals surface area contributed by atoms with Gasteiger partial charge in [-0.15, -0.1) is 11.3 Å². The SMILES string of the molecule is N#C/C(=C(\N)Sc1ccccc1N)c1cccc(C(O)c2cccs2)c1. The maximum Gasteiger partial charge on any atom is 0.113 e. The van der Waals surface area contributed by atoms with Crippen LogP contribution < -0.4 is 11.5 Å². The number of anilines is 1. The van der Waals surface area contributed by atoms with Gasteiger partial charge in [0, 0.05) is 15.5 Å². The molecule has 0 spiro atoms. The van der Waals surface area contributed by atoms with Crippen molar-refractivity contribution in [1.82, 2.24) is 0 Å². The minimum absolute atomic E-state index is 0.360. The van der Waals surface area contributed by atoms with Gasteiger partial charge in [0.2, 0.25) is 0 Å². The first-order valence-electron chi connectivity index (χ1n) is 7.84. The van der Waals surface area contributed by atoms with E-state index < -0.39 is 6.10 Å².